The predicted molar refractivity (Wildman–Crippen MR) is 120 cm³/mol. The Balaban J connectivity index is 2.12. The molecule has 0 aliphatic heterocycles. The van der Waals surface area contributed by atoms with E-state index in [1.165, 1.54) is 33.3 Å². The summed E-state index contributed by atoms with van der Waals surface area (Å²) in [5, 5.41) is 2.65. The van der Waals surface area contributed by atoms with E-state index in [2.05, 4.69) is 72.5 Å². The number of allylic oxidation sites excluding steroid dienone is 1. The molecule has 0 atom stereocenters. The fourth-order valence-electron chi connectivity index (χ4n) is 3.82. The van der Waals surface area contributed by atoms with Crippen molar-refractivity contribution in [3.8, 4) is 0 Å². The van der Waals surface area contributed by atoms with E-state index in [-0.39, 0.29) is 0 Å². The highest BCUT2D eigenvalue weighted by Crippen LogP contribution is 2.35. The van der Waals surface area contributed by atoms with Crippen molar-refractivity contribution in [2.24, 2.45) is 0 Å². The quantitative estimate of drug-likeness (QED) is 0.512. The van der Waals surface area contributed by atoms with Gasteiger partial charge in [0.2, 0.25) is 0 Å². The van der Waals surface area contributed by atoms with Gasteiger partial charge in [0.1, 0.15) is 0 Å². The van der Waals surface area contributed by atoms with Crippen molar-refractivity contribution in [3.05, 3.63) is 97.8 Å². The maximum absolute atomic E-state index is 3.91. The minimum atomic E-state index is 0.798. The van der Waals surface area contributed by atoms with Crippen LogP contribution in [0.5, 0.6) is 0 Å². The van der Waals surface area contributed by atoms with Crippen molar-refractivity contribution in [3.63, 3.8) is 0 Å². The maximum Gasteiger partial charge on any atom is 0.0384 e. The SMILES string of the molecule is C=CCN(CC=C)C1=Cc2cc(N(CC=C)CC=C)cc3cccc(c23)C1. The molecule has 27 heavy (non-hydrogen) atoms. The molecule has 0 unspecified atom stereocenters. The number of nitrogens with zero attached hydrogens (tertiary/aromatic N) is 2. The Morgan fingerprint density at radius 1 is 0.815 bits per heavy atom. The normalized spacial score (nSPS) is 12.2. The Morgan fingerprint density at radius 2 is 1.44 bits per heavy atom. The standard InChI is InChI=1S/C25H28N2/c1-5-12-26(13-6-2)23-16-20-10-9-11-21-17-24(19-22(18-23)25(20)21)27(14-7-3)15-8-4/h5-11,16,18-19H,1-4,12-15,17H2. The van der Waals surface area contributed by atoms with E-state index in [0.29, 0.717) is 0 Å². The zero-order valence-corrected chi connectivity index (χ0v) is 16.0. The second-order valence-corrected chi connectivity index (χ2v) is 6.83. The number of rotatable bonds is 10. The van der Waals surface area contributed by atoms with Gasteiger partial charge in [0.25, 0.3) is 0 Å². The van der Waals surface area contributed by atoms with Crippen LogP contribution in [0.4, 0.5) is 5.69 Å². The lowest BCUT2D eigenvalue weighted by Gasteiger charge is -2.30. The van der Waals surface area contributed by atoms with Crippen LogP contribution in [0.2, 0.25) is 0 Å². The summed E-state index contributed by atoms with van der Waals surface area (Å²) in [7, 11) is 0. The van der Waals surface area contributed by atoms with Gasteiger partial charge in [-0.05, 0) is 40.1 Å². The first kappa shape index (κ1) is 18.8. The van der Waals surface area contributed by atoms with Gasteiger partial charge in [-0.15, -0.1) is 26.3 Å². The fourth-order valence-corrected chi connectivity index (χ4v) is 3.82. The van der Waals surface area contributed by atoms with E-state index in [4.69, 9.17) is 0 Å². The first-order valence-electron chi connectivity index (χ1n) is 9.41. The van der Waals surface area contributed by atoms with Gasteiger partial charge in [-0.3, -0.25) is 0 Å². The topological polar surface area (TPSA) is 6.48 Å². The van der Waals surface area contributed by atoms with Crippen LogP contribution in [0.25, 0.3) is 16.8 Å². The molecule has 0 saturated carbocycles. The second kappa shape index (κ2) is 8.59. The van der Waals surface area contributed by atoms with Gasteiger partial charge < -0.3 is 9.80 Å². The highest BCUT2D eigenvalue weighted by atomic mass is 15.1. The lowest BCUT2D eigenvalue weighted by atomic mass is 9.90. The van der Waals surface area contributed by atoms with Crippen LogP contribution in [0.15, 0.2) is 86.6 Å². The summed E-state index contributed by atoms with van der Waals surface area (Å²) in [4.78, 5) is 4.62. The Kier molecular flexibility index (Phi) is 5.97. The van der Waals surface area contributed by atoms with Crippen molar-refractivity contribution in [1.82, 2.24) is 4.90 Å². The largest absolute Gasteiger partial charge is 0.367 e. The molecule has 2 aromatic carbocycles. The Bertz CT molecular complexity index is 884. The Hall–Kier alpha value is -3.00. The molecule has 0 N–H and O–H groups in total. The summed E-state index contributed by atoms with van der Waals surface area (Å²) in [6, 6.07) is 11.2. The molecule has 0 fully saturated rings. The van der Waals surface area contributed by atoms with Gasteiger partial charge in [-0.1, -0.05) is 42.5 Å². The third-order valence-corrected chi connectivity index (χ3v) is 4.94. The van der Waals surface area contributed by atoms with E-state index in [0.717, 1.165) is 32.6 Å². The van der Waals surface area contributed by atoms with Crippen LogP contribution in [-0.2, 0) is 6.42 Å². The lowest BCUT2D eigenvalue weighted by molar-refractivity contribution is 0.415. The molecule has 0 amide bonds. The van der Waals surface area contributed by atoms with Gasteiger partial charge >= 0.3 is 0 Å². The van der Waals surface area contributed by atoms with E-state index in [1.807, 2.05) is 24.3 Å². The van der Waals surface area contributed by atoms with Crippen LogP contribution in [-0.4, -0.2) is 31.1 Å². The maximum atomic E-state index is 3.91. The third kappa shape index (κ3) is 3.90. The summed E-state index contributed by atoms with van der Waals surface area (Å²) < 4.78 is 0. The van der Waals surface area contributed by atoms with Crippen molar-refractivity contribution in [1.29, 1.82) is 0 Å². The van der Waals surface area contributed by atoms with Crippen molar-refractivity contribution >= 4 is 22.5 Å². The number of benzene rings is 2. The smallest absolute Gasteiger partial charge is 0.0384 e. The summed E-state index contributed by atoms with van der Waals surface area (Å²) in [5.74, 6) is 0. The molecular formula is C25H28N2. The number of anilines is 1. The summed E-state index contributed by atoms with van der Waals surface area (Å²) in [6.45, 7) is 18.9. The molecule has 0 radical (unpaired) electrons. The van der Waals surface area contributed by atoms with Crippen LogP contribution < -0.4 is 4.90 Å². The number of hydrogen-bond donors (Lipinski definition) is 0. The third-order valence-electron chi connectivity index (χ3n) is 4.94. The van der Waals surface area contributed by atoms with Crippen LogP contribution in [0, 0.1) is 0 Å². The Labute approximate surface area is 163 Å². The average Bonchev–Trinajstić information content (AvgIpc) is 2.67. The molecule has 2 heteroatoms. The first-order valence-corrected chi connectivity index (χ1v) is 9.41. The molecule has 1 aliphatic carbocycles. The van der Waals surface area contributed by atoms with Gasteiger partial charge in [0, 0.05) is 44.0 Å². The summed E-state index contributed by atoms with van der Waals surface area (Å²) in [5.41, 5.74) is 5.16. The van der Waals surface area contributed by atoms with E-state index < -0.39 is 0 Å². The van der Waals surface area contributed by atoms with Crippen molar-refractivity contribution < 1.29 is 0 Å². The van der Waals surface area contributed by atoms with Gasteiger partial charge in [-0.25, -0.2) is 0 Å². The van der Waals surface area contributed by atoms with E-state index >= 15 is 0 Å². The van der Waals surface area contributed by atoms with Crippen LogP contribution in [0.3, 0.4) is 0 Å². The van der Waals surface area contributed by atoms with Crippen molar-refractivity contribution in [2.75, 3.05) is 31.1 Å². The van der Waals surface area contributed by atoms with Gasteiger partial charge in [0.15, 0.2) is 0 Å². The molecule has 0 aromatic heterocycles. The highest BCUT2D eigenvalue weighted by Gasteiger charge is 2.18. The zero-order chi connectivity index (χ0) is 19.2. The highest BCUT2D eigenvalue weighted by molar-refractivity contribution is 5.98. The predicted octanol–water partition coefficient (Wildman–Crippen LogP) is 5.59. The minimum absolute atomic E-state index is 0.798. The average molecular weight is 357 g/mol. The molecule has 0 bridgehead atoms. The second-order valence-electron chi connectivity index (χ2n) is 6.83. The summed E-state index contributed by atoms with van der Waals surface area (Å²) in [6.07, 6.45) is 11.0. The van der Waals surface area contributed by atoms with Crippen molar-refractivity contribution in [2.45, 2.75) is 6.42 Å². The molecule has 2 aromatic rings. The minimum Gasteiger partial charge on any atom is -0.367 e. The molecule has 0 heterocycles. The van der Waals surface area contributed by atoms with Crippen LogP contribution >= 0.6 is 0 Å². The molecule has 3 rings (SSSR count). The molecular weight excluding hydrogens is 328 g/mol. The molecule has 0 saturated heterocycles. The zero-order valence-electron chi connectivity index (χ0n) is 16.0. The van der Waals surface area contributed by atoms with Crippen LogP contribution in [0.1, 0.15) is 11.1 Å². The van der Waals surface area contributed by atoms with Gasteiger partial charge in [0.05, 0.1) is 0 Å². The monoisotopic (exact) mass is 356 g/mol. The fraction of sp³-hybridized carbons (Fsp3) is 0.200. The molecule has 0 spiro atoms. The van der Waals surface area contributed by atoms with E-state index in [1.54, 1.807) is 0 Å². The van der Waals surface area contributed by atoms with Gasteiger partial charge in [-0.2, -0.15) is 0 Å². The lowest BCUT2D eigenvalue weighted by Crippen LogP contribution is -2.26. The molecule has 138 valence electrons. The first-order chi connectivity index (χ1) is 13.2. The molecule has 1 aliphatic rings. The number of hydrogen-bond acceptors (Lipinski definition) is 2. The van der Waals surface area contributed by atoms with E-state index in [9.17, 15) is 0 Å². The summed E-state index contributed by atoms with van der Waals surface area (Å²) >= 11 is 0. The Morgan fingerprint density at radius 3 is 2.07 bits per heavy atom. The molecule has 2 nitrogen and oxygen atoms in total.